The molecule has 1 N–H and O–H groups in total. The summed E-state index contributed by atoms with van der Waals surface area (Å²) in [6.45, 7) is 5.15. The highest BCUT2D eigenvalue weighted by Gasteiger charge is 2.23. The highest BCUT2D eigenvalue weighted by atomic mass is 32.1. The zero-order valence-corrected chi connectivity index (χ0v) is 13.5. The smallest absolute Gasteiger partial charge is 0.119 e. The lowest BCUT2D eigenvalue weighted by molar-refractivity contribution is 0.303. The van der Waals surface area contributed by atoms with Crippen molar-refractivity contribution in [3.8, 4) is 5.75 Å². The van der Waals surface area contributed by atoms with E-state index in [0.717, 1.165) is 23.7 Å². The third-order valence-electron chi connectivity index (χ3n) is 3.64. The van der Waals surface area contributed by atoms with E-state index in [1.54, 1.807) is 11.3 Å². The van der Waals surface area contributed by atoms with E-state index >= 15 is 0 Å². The molecule has 1 saturated carbocycles. The molecule has 0 radical (unpaired) electrons. The highest BCUT2D eigenvalue weighted by molar-refractivity contribution is 7.09. The second kappa shape index (κ2) is 6.58. The fourth-order valence-corrected chi connectivity index (χ4v) is 3.05. The second-order valence-electron chi connectivity index (χ2n) is 5.56. The van der Waals surface area contributed by atoms with Gasteiger partial charge in [0, 0.05) is 17.8 Å². The van der Waals surface area contributed by atoms with E-state index in [9.17, 15) is 0 Å². The topological polar surface area (TPSA) is 34.2 Å². The Morgan fingerprint density at radius 1 is 1.33 bits per heavy atom. The number of hydrogen-bond donors (Lipinski definition) is 1. The molecule has 112 valence electrons. The van der Waals surface area contributed by atoms with Gasteiger partial charge in [-0.3, -0.25) is 0 Å². The second-order valence-corrected chi connectivity index (χ2v) is 6.62. The van der Waals surface area contributed by atoms with Gasteiger partial charge in [-0.2, -0.15) is 0 Å². The lowest BCUT2D eigenvalue weighted by atomic mass is 10.0. The fraction of sp³-hybridized carbons (Fsp3) is 0.471. The van der Waals surface area contributed by atoms with Gasteiger partial charge in [-0.25, -0.2) is 4.98 Å². The number of likely N-dealkylation sites (N-methyl/N-ethyl adjacent to an activating group) is 1. The Bertz CT molecular complexity index is 575. The molecule has 1 aliphatic rings. The normalized spacial score (nSPS) is 15.9. The predicted molar refractivity (Wildman–Crippen MR) is 87.1 cm³/mol. The first-order valence-corrected chi connectivity index (χ1v) is 8.53. The first kappa shape index (κ1) is 14.5. The average molecular weight is 302 g/mol. The van der Waals surface area contributed by atoms with Crippen LogP contribution in [0, 0.1) is 6.92 Å². The van der Waals surface area contributed by atoms with Crippen molar-refractivity contribution in [3.63, 3.8) is 0 Å². The zero-order valence-electron chi connectivity index (χ0n) is 12.6. The van der Waals surface area contributed by atoms with Gasteiger partial charge in [0.1, 0.15) is 5.75 Å². The number of hydrogen-bond acceptors (Lipinski definition) is 4. The molecule has 0 saturated heterocycles. The van der Waals surface area contributed by atoms with Crippen molar-refractivity contribution in [2.75, 3.05) is 6.54 Å². The summed E-state index contributed by atoms with van der Waals surface area (Å²) in [7, 11) is 0. The van der Waals surface area contributed by atoms with Gasteiger partial charge in [0.05, 0.1) is 16.8 Å². The summed E-state index contributed by atoms with van der Waals surface area (Å²) in [4.78, 5) is 4.58. The maximum Gasteiger partial charge on any atom is 0.119 e. The van der Waals surface area contributed by atoms with Crippen molar-refractivity contribution >= 4 is 11.3 Å². The third kappa shape index (κ3) is 4.05. The predicted octanol–water partition coefficient (Wildman–Crippen LogP) is 3.89. The van der Waals surface area contributed by atoms with Gasteiger partial charge in [-0.1, -0.05) is 19.1 Å². The monoisotopic (exact) mass is 302 g/mol. The van der Waals surface area contributed by atoms with Crippen LogP contribution in [0.25, 0.3) is 0 Å². The number of aromatic nitrogens is 1. The molecule has 0 aliphatic heterocycles. The minimum Gasteiger partial charge on any atom is -0.490 e. The minimum atomic E-state index is 0.312. The quantitative estimate of drug-likeness (QED) is 0.842. The van der Waals surface area contributed by atoms with Crippen LogP contribution in [0.2, 0.25) is 0 Å². The summed E-state index contributed by atoms with van der Waals surface area (Å²) in [5, 5.41) is 6.84. The molecule has 1 heterocycles. The van der Waals surface area contributed by atoms with Crippen LogP contribution in [0.3, 0.4) is 0 Å². The van der Waals surface area contributed by atoms with Crippen LogP contribution in [-0.2, 0) is 6.42 Å². The van der Waals surface area contributed by atoms with E-state index < -0.39 is 0 Å². The van der Waals surface area contributed by atoms with Gasteiger partial charge in [0.2, 0.25) is 0 Å². The van der Waals surface area contributed by atoms with E-state index in [2.05, 4.69) is 53.8 Å². The maximum absolute atomic E-state index is 5.81. The number of rotatable bonds is 7. The lowest BCUT2D eigenvalue weighted by Crippen LogP contribution is -2.23. The first-order chi connectivity index (χ1) is 10.2. The van der Waals surface area contributed by atoms with Gasteiger partial charge in [0.25, 0.3) is 0 Å². The van der Waals surface area contributed by atoms with E-state index in [1.165, 1.54) is 24.1 Å². The minimum absolute atomic E-state index is 0.312. The molecule has 1 atom stereocenters. The van der Waals surface area contributed by atoms with E-state index in [0.29, 0.717) is 12.1 Å². The number of thiazole rings is 1. The van der Waals surface area contributed by atoms with Gasteiger partial charge >= 0.3 is 0 Å². The Morgan fingerprint density at radius 3 is 2.67 bits per heavy atom. The Hall–Kier alpha value is -1.39. The van der Waals surface area contributed by atoms with Crippen molar-refractivity contribution in [1.29, 1.82) is 0 Å². The summed E-state index contributed by atoms with van der Waals surface area (Å²) in [5.41, 5.74) is 2.47. The van der Waals surface area contributed by atoms with E-state index in [4.69, 9.17) is 4.74 Å². The van der Waals surface area contributed by atoms with Crippen molar-refractivity contribution in [3.05, 3.63) is 45.9 Å². The molecule has 1 aliphatic carbocycles. The molecule has 1 fully saturated rings. The first-order valence-electron chi connectivity index (χ1n) is 7.65. The molecule has 3 rings (SSSR count). The number of nitrogens with one attached hydrogen (secondary N) is 1. The molecule has 1 unspecified atom stereocenters. The van der Waals surface area contributed by atoms with Crippen LogP contribution in [-0.4, -0.2) is 17.6 Å². The lowest BCUT2D eigenvalue weighted by Gasteiger charge is -2.18. The third-order valence-corrected chi connectivity index (χ3v) is 4.46. The SMILES string of the molecule is CCNC(Cc1csc(C)n1)c1ccc(OC2CC2)cc1. The van der Waals surface area contributed by atoms with E-state index in [-0.39, 0.29) is 0 Å². The molecule has 3 nitrogen and oxygen atoms in total. The summed E-state index contributed by atoms with van der Waals surface area (Å²) >= 11 is 1.72. The van der Waals surface area contributed by atoms with Gasteiger partial charge in [0.15, 0.2) is 0 Å². The van der Waals surface area contributed by atoms with Crippen molar-refractivity contribution in [1.82, 2.24) is 10.3 Å². The van der Waals surface area contributed by atoms with Crippen LogP contribution >= 0.6 is 11.3 Å². The van der Waals surface area contributed by atoms with Crippen LogP contribution in [0.1, 0.15) is 42.1 Å². The van der Waals surface area contributed by atoms with Gasteiger partial charge in [-0.15, -0.1) is 11.3 Å². The molecule has 2 aromatic rings. The Morgan fingerprint density at radius 2 is 2.10 bits per heavy atom. The molecular weight excluding hydrogens is 280 g/mol. The van der Waals surface area contributed by atoms with Crippen LogP contribution in [0.15, 0.2) is 29.6 Å². The summed E-state index contributed by atoms with van der Waals surface area (Å²) in [6, 6.07) is 8.83. The number of ether oxygens (including phenoxy) is 1. The standard InChI is InChI=1S/C17H22N2OS/c1-3-18-17(10-14-11-21-12(2)19-14)13-4-6-15(7-5-13)20-16-8-9-16/h4-7,11,16-18H,3,8-10H2,1-2H3. The van der Waals surface area contributed by atoms with Crippen molar-refractivity contribution in [2.45, 2.75) is 45.3 Å². The number of nitrogens with zero attached hydrogens (tertiary/aromatic N) is 1. The molecule has 0 bridgehead atoms. The number of benzene rings is 1. The molecule has 0 amide bonds. The molecule has 1 aromatic heterocycles. The zero-order chi connectivity index (χ0) is 14.7. The van der Waals surface area contributed by atoms with Crippen LogP contribution in [0.5, 0.6) is 5.75 Å². The summed E-state index contributed by atoms with van der Waals surface area (Å²) < 4.78 is 5.81. The summed E-state index contributed by atoms with van der Waals surface area (Å²) in [5.74, 6) is 0.987. The highest BCUT2D eigenvalue weighted by Crippen LogP contribution is 2.28. The number of aryl methyl sites for hydroxylation is 1. The molecule has 21 heavy (non-hydrogen) atoms. The molecule has 4 heteroatoms. The Labute approximate surface area is 130 Å². The van der Waals surface area contributed by atoms with Crippen LogP contribution in [0.4, 0.5) is 0 Å². The van der Waals surface area contributed by atoms with Gasteiger partial charge < -0.3 is 10.1 Å². The molecule has 1 aromatic carbocycles. The molecule has 0 spiro atoms. The maximum atomic E-state index is 5.81. The fourth-order valence-electron chi connectivity index (χ4n) is 2.42. The summed E-state index contributed by atoms with van der Waals surface area (Å²) in [6.07, 6.45) is 3.79. The van der Waals surface area contributed by atoms with Gasteiger partial charge in [-0.05, 0) is 44.0 Å². The van der Waals surface area contributed by atoms with Crippen LogP contribution < -0.4 is 10.1 Å². The Kier molecular flexibility index (Phi) is 4.56. The van der Waals surface area contributed by atoms with Crippen molar-refractivity contribution in [2.24, 2.45) is 0 Å². The Balaban J connectivity index is 1.69. The van der Waals surface area contributed by atoms with Crippen molar-refractivity contribution < 1.29 is 4.74 Å². The molecular formula is C17H22N2OS. The largest absolute Gasteiger partial charge is 0.490 e. The average Bonchev–Trinajstić information content (AvgIpc) is 3.20. The van der Waals surface area contributed by atoms with E-state index in [1.807, 2.05) is 0 Å².